The van der Waals surface area contributed by atoms with Crippen LogP contribution in [0.4, 0.5) is 10.1 Å². The number of thiazole rings is 1. The summed E-state index contributed by atoms with van der Waals surface area (Å²) < 4.78 is 14.8. The monoisotopic (exact) mass is 410 g/mol. The molecule has 2 aliphatic rings. The average Bonchev–Trinajstić information content (AvgIpc) is 3.29. The number of carbonyl (C=O) groups excluding carboxylic acids is 2. The van der Waals surface area contributed by atoms with Gasteiger partial charge in [0, 0.05) is 18.8 Å². The van der Waals surface area contributed by atoms with E-state index >= 15 is 0 Å². The van der Waals surface area contributed by atoms with Gasteiger partial charge in [0.05, 0.1) is 40.4 Å². The molecule has 0 saturated carbocycles. The highest BCUT2D eigenvalue weighted by molar-refractivity contribution is 7.18. The first kappa shape index (κ1) is 18.4. The molecule has 0 spiro atoms. The number of para-hydroxylation sites is 1. The Morgan fingerprint density at radius 1 is 1.07 bits per heavy atom. The van der Waals surface area contributed by atoms with Crippen LogP contribution < -0.4 is 9.80 Å². The molecule has 5 nitrogen and oxygen atoms in total. The van der Waals surface area contributed by atoms with Crippen molar-refractivity contribution in [1.82, 2.24) is 4.98 Å². The maximum absolute atomic E-state index is 13.5. The number of nitrogens with zero attached hydrogens (tertiary/aromatic N) is 2. The quantitative estimate of drug-likeness (QED) is 0.675. The molecule has 2 amide bonds. The van der Waals surface area contributed by atoms with Crippen molar-refractivity contribution < 1.29 is 18.9 Å². The van der Waals surface area contributed by atoms with E-state index in [1.807, 2.05) is 18.2 Å². The number of anilines is 1. The lowest BCUT2D eigenvalue weighted by molar-refractivity contribution is -0.920. The van der Waals surface area contributed by atoms with E-state index in [1.165, 1.54) is 27.9 Å². The second-order valence-corrected chi connectivity index (χ2v) is 8.82. The summed E-state index contributed by atoms with van der Waals surface area (Å²) in [5.74, 6) is -0.501. The number of halogens is 1. The summed E-state index contributed by atoms with van der Waals surface area (Å²) in [6.07, 6.45) is 2.09. The van der Waals surface area contributed by atoms with Crippen molar-refractivity contribution >= 4 is 39.1 Å². The predicted molar refractivity (Wildman–Crippen MR) is 110 cm³/mol. The summed E-state index contributed by atoms with van der Waals surface area (Å²) in [7, 11) is 0. The third-order valence-corrected chi connectivity index (χ3v) is 7.19. The Morgan fingerprint density at radius 3 is 2.62 bits per heavy atom. The average molecular weight is 410 g/mol. The van der Waals surface area contributed by atoms with Gasteiger partial charge in [0.2, 0.25) is 5.91 Å². The first-order chi connectivity index (χ1) is 14.1. The number of piperidine rings is 1. The van der Waals surface area contributed by atoms with Gasteiger partial charge in [0.1, 0.15) is 5.82 Å². The zero-order chi connectivity index (χ0) is 20.0. The van der Waals surface area contributed by atoms with Crippen LogP contribution in [0.5, 0.6) is 0 Å². The van der Waals surface area contributed by atoms with Crippen molar-refractivity contribution in [1.29, 1.82) is 0 Å². The lowest BCUT2D eigenvalue weighted by Crippen LogP contribution is -3.17. The summed E-state index contributed by atoms with van der Waals surface area (Å²) in [6.45, 7) is 1.67. The normalized spacial score (nSPS) is 25.1. The standard InChI is InChI=1S/C22H20FN3O2S/c23-15-4-3-5-16(12-15)26-20(27)13-18(22(26)28)25-10-8-14(9-11-25)21-24-17-6-1-2-7-19(17)29-21/h1-7,12,14,18H,8-11,13H2/p+1/t18-/m1/s1. The minimum absolute atomic E-state index is 0.191. The maximum atomic E-state index is 13.5. The Balaban J connectivity index is 1.28. The van der Waals surface area contributed by atoms with Crippen molar-refractivity contribution in [3.05, 3.63) is 59.4 Å². The summed E-state index contributed by atoms with van der Waals surface area (Å²) in [5.41, 5.74) is 1.37. The van der Waals surface area contributed by atoms with Gasteiger partial charge in [-0.15, -0.1) is 11.3 Å². The van der Waals surface area contributed by atoms with Crippen LogP contribution in [0.2, 0.25) is 0 Å². The first-order valence-corrected chi connectivity index (χ1v) is 10.7. The fourth-order valence-electron chi connectivity index (χ4n) is 4.49. The predicted octanol–water partition coefficient (Wildman–Crippen LogP) is 2.53. The Hall–Kier alpha value is -2.64. The third kappa shape index (κ3) is 3.34. The number of nitrogens with one attached hydrogen (secondary N) is 1. The van der Waals surface area contributed by atoms with Gasteiger partial charge in [-0.2, -0.15) is 0 Å². The smallest absolute Gasteiger partial charge is 0.292 e. The van der Waals surface area contributed by atoms with Crippen LogP contribution in [0.25, 0.3) is 10.2 Å². The van der Waals surface area contributed by atoms with Crippen molar-refractivity contribution in [2.24, 2.45) is 0 Å². The topological polar surface area (TPSA) is 54.7 Å². The minimum Gasteiger partial charge on any atom is -0.324 e. The highest BCUT2D eigenvalue weighted by atomic mass is 32.1. The van der Waals surface area contributed by atoms with Gasteiger partial charge in [-0.3, -0.25) is 9.59 Å². The van der Waals surface area contributed by atoms with E-state index in [9.17, 15) is 14.0 Å². The van der Waals surface area contributed by atoms with E-state index in [2.05, 4.69) is 6.07 Å². The number of likely N-dealkylation sites (tertiary alicyclic amines) is 1. The van der Waals surface area contributed by atoms with Gasteiger partial charge in [-0.05, 0) is 30.3 Å². The molecule has 0 bridgehead atoms. The van der Waals surface area contributed by atoms with Crippen LogP contribution >= 0.6 is 11.3 Å². The Kier molecular flexibility index (Phi) is 4.64. The molecule has 0 unspecified atom stereocenters. The minimum atomic E-state index is -0.449. The van der Waals surface area contributed by atoms with Gasteiger partial charge in [0.25, 0.3) is 5.91 Å². The Morgan fingerprint density at radius 2 is 1.86 bits per heavy atom. The number of hydrogen-bond acceptors (Lipinski definition) is 4. The molecule has 0 radical (unpaired) electrons. The molecule has 1 atom stereocenters. The second kappa shape index (κ2) is 7.31. The van der Waals surface area contributed by atoms with Gasteiger partial charge in [0.15, 0.2) is 6.04 Å². The molecule has 148 valence electrons. The summed E-state index contributed by atoms with van der Waals surface area (Å²) in [5, 5.41) is 1.17. The Labute approximate surface area is 171 Å². The number of amides is 2. The summed E-state index contributed by atoms with van der Waals surface area (Å²) in [6, 6.07) is 13.5. The molecule has 5 rings (SSSR count). The molecule has 0 aliphatic carbocycles. The molecule has 2 aromatic carbocycles. The third-order valence-electron chi connectivity index (χ3n) is 5.99. The zero-order valence-electron chi connectivity index (χ0n) is 15.8. The number of hydrogen-bond donors (Lipinski definition) is 1. The van der Waals surface area contributed by atoms with Crippen LogP contribution in [-0.4, -0.2) is 35.9 Å². The fraction of sp³-hybridized carbons (Fsp3) is 0.318. The van der Waals surface area contributed by atoms with Crippen LogP contribution in [0.3, 0.4) is 0 Å². The van der Waals surface area contributed by atoms with Crippen LogP contribution in [0.1, 0.15) is 30.2 Å². The number of imide groups is 1. The molecule has 2 aliphatic heterocycles. The summed E-state index contributed by atoms with van der Waals surface area (Å²) >= 11 is 1.75. The van der Waals surface area contributed by atoms with Crippen LogP contribution in [0, 0.1) is 5.82 Å². The largest absolute Gasteiger partial charge is 0.324 e. The second-order valence-electron chi connectivity index (χ2n) is 7.76. The Bertz CT molecular complexity index is 1060. The molecule has 1 N–H and O–H groups in total. The number of rotatable bonds is 3. The van der Waals surface area contributed by atoms with Gasteiger partial charge >= 0.3 is 0 Å². The van der Waals surface area contributed by atoms with Crippen LogP contribution in [0.15, 0.2) is 48.5 Å². The lowest BCUT2D eigenvalue weighted by Gasteiger charge is -2.31. The molecule has 29 heavy (non-hydrogen) atoms. The summed E-state index contributed by atoms with van der Waals surface area (Å²) in [4.78, 5) is 32.5. The molecular formula is C22H21FN3O2S+. The van der Waals surface area contributed by atoms with Crippen molar-refractivity contribution in [3.8, 4) is 0 Å². The van der Waals surface area contributed by atoms with E-state index in [4.69, 9.17) is 4.98 Å². The van der Waals surface area contributed by atoms with Crippen molar-refractivity contribution in [3.63, 3.8) is 0 Å². The molecule has 3 heterocycles. The van der Waals surface area contributed by atoms with E-state index < -0.39 is 5.82 Å². The van der Waals surface area contributed by atoms with Gasteiger partial charge in [-0.1, -0.05) is 18.2 Å². The van der Waals surface area contributed by atoms with Gasteiger partial charge in [-0.25, -0.2) is 14.3 Å². The SMILES string of the molecule is O=C1C[C@@H]([NH+]2CCC(c3nc4ccccc4s3)CC2)C(=O)N1c1cccc(F)c1. The number of benzene rings is 2. The van der Waals surface area contributed by atoms with Crippen molar-refractivity contribution in [2.75, 3.05) is 18.0 Å². The lowest BCUT2D eigenvalue weighted by atomic mass is 9.96. The number of aromatic nitrogens is 1. The number of quaternary nitrogens is 1. The molecule has 1 aromatic heterocycles. The molecular weight excluding hydrogens is 389 g/mol. The first-order valence-electron chi connectivity index (χ1n) is 9.92. The van der Waals surface area contributed by atoms with Crippen molar-refractivity contribution in [2.45, 2.75) is 31.2 Å². The van der Waals surface area contributed by atoms with E-state index in [1.54, 1.807) is 17.4 Å². The van der Waals surface area contributed by atoms with E-state index in [0.717, 1.165) is 41.2 Å². The number of fused-ring (bicyclic) bond motifs is 1. The molecule has 3 aromatic rings. The molecule has 7 heteroatoms. The number of carbonyl (C=O) groups is 2. The maximum Gasteiger partial charge on any atom is 0.292 e. The highest BCUT2D eigenvalue weighted by Crippen LogP contribution is 2.32. The highest BCUT2D eigenvalue weighted by Gasteiger charge is 2.46. The van der Waals surface area contributed by atoms with Crippen LogP contribution in [-0.2, 0) is 9.59 Å². The zero-order valence-corrected chi connectivity index (χ0v) is 16.6. The van der Waals surface area contributed by atoms with E-state index in [0.29, 0.717) is 11.6 Å². The van der Waals surface area contributed by atoms with Gasteiger partial charge < -0.3 is 4.90 Å². The fourth-order valence-corrected chi connectivity index (χ4v) is 5.62. The molecule has 2 saturated heterocycles. The van der Waals surface area contributed by atoms with E-state index in [-0.39, 0.29) is 24.3 Å². The molecule has 2 fully saturated rings.